The minimum atomic E-state index is -0.0196. The van der Waals surface area contributed by atoms with E-state index in [2.05, 4.69) is 22.7 Å². The number of aromatic nitrogens is 2. The fraction of sp³-hybridized carbons (Fsp3) is 0.273. The number of nitrogens with zero attached hydrogens (tertiary/aromatic N) is 4. The Kier molecular flexibility index (Phi) is 8.04. The van der Waals surface area contributed by atoms with Gasteiger partial charge in [-0.1, -0.05) is 41.6 Å². The summed E-state index contributed by atoms with van der Waals surface area (Å²) in [4.78, 5) is 34.8. The highest BCUT2D eigenvalue weighted by Gasteiger charge is 2.27. The van der Waals surface area contributed by atoms with Gasteiger partial charge in [-0.25, -0.2) is 4.98 Å². The van der Waals surface area contributed by atoms with Crippen LogP contribution >= 0.6 is 22.7 Å². The number of thiophene rings is 1. The summed E-state index contributed by atoms with van der Waals surface area (Å²) in [5, 5.41) is 9.64. The standard InChI is InChI=1S/C33H32N4O3S2/c1-21-30(28-20-42-32(34-28)23-13-15-37(16-14-23)29(38)19-27-8-5-17-41-27)31(35-40-21)26-7-4-6-25(18-26)22-9-11-24(12-10-22)33(39)36(2)3/h4-12,17-18,20,23H,13-16,19H2,1-3H3. The maximum Gasteiger partial charge on any atom is 0.253 e. The van der Waals surface area contributed by atoms with Crippen molar-refractivity contribution >= 4 is 34.5 Å². The molecule has 0 N–H and O–H groups in total. The summed E-state index contributed by atoms with van der Waals surface area (Å²) in [6.07, 6.45) is 2.32. The monoisotopic (exact) mass is 596 g/mol. The molecule has 0 unspecified atom stereocenters. The van der Waals surface area contributed by atoms with Gasteiger partial charge in [0, 0.05) is 54.5 Å². The first kappa shape index (κ1) is 28.1. The number of rotatable bonds is 7. The van der Waals surface area contributed by atoms with E-state index in [-0.39, 0.29) is 11.8 Å². The SMILES string of the molecule is Cc1onc(-c2cccc(-c3ccc(C(=O)N(C)C)cc3)c2)c1-c1csc(C2CCN(C(=O)Cc3cccs3)CC2)n1. The number of carbonyl (C=O) groups is 2. The Morgan fingerprint density at radius 3 is 2.45 bits per heavy atom. The fourth-order valence-corrected chi connectivity index (χ4v) is 7.10. The Bertz CT molecular complexity index is 1700. The van der Waals surface area contributed by atoms with E-state index in [0.29, 0.717) is 17.9 Å². The molecule has 1 saturated heterocycles. The van der Waals surface area contributed by atoms with Gasteiger partial charge in [0.25, 0.3) is 5.91 Å². The number of amides is 2. The number of hydrogen-bond acceptors (Lipinski definition) is 7. The molecule has 214 valence electrons. The summed E-state index contributed by atoms with van der Waals surface area (Å²) in [5.41, 5.74) is 6.19. The summed E-state index contributed by atoms with van der Waals surface area (Å²) in [5.74, 6) is 1.26. The van der Waals surface area contributed by atoms with Gasteiger partial charge in [0.2, 0.25) is 5.91 Å². The molecule has 9 heteroatoms. The van der Waals surface area contributed by atoms with Gasteiger partial charge in [0.1, 0.15) is 11.5 Å². The Labute approximate surface area is 253 Å². The van der Waals surface area contributed by atoms with E-state index in [9.17, 15) is 9.59 Å². The average molecular weight is 597 g/mol. The zero-order valence-corrected chi connectivity index (χ0v) is 25.5. The highest BCUT2D eigenvalue weighted by molar-refractivity contribution is 7.10. The molecule has 42 heavy (non-hydrogen) atoms. The van der Waals surface area contributed by atoms with Crippen molar-refractivity contribution < 1.29 is 14.1 Å². The van der Waals surface area contributed by atoms with Crippen LogP contribution < -0.4 is 0 Å². The van der Waals surface area contributed by atoms with E-state index in [1.165, 1.54) is 0 Å². The van der Waals surface area contributed by atoms with Crippen molar-refractivity contribution in [2.24, 2.45) is 0 Å². The Morgan fingerprint density at radius 2 is 1.74 bits per heavy atom. The smallest absolute Gasteiger partial charge is 0.253 e. The van der Waals surface area contributed by atoms with Crippen LogP contribution in [0.2, 0.25) is 0 Å². The number of thiazole rings is 1. The van der Waals surface area contributed by atoms with E-state index >= 15 is 0 Å². The average Bonchev–Trinajstić information content (AvgIpc) is 3.79. The summed E-state index contributed by atoms with van der Waals surface area (Å²) >= 11 is 3.31. The predicted molar refractivity (Wildman–Crippen MR) is 168 cm³/mol. The molecule has 0 radical (unpaired) electrons. The van der Waals surface area contributed by atoms with Crippen molar-refractivity contribution in [2.75, 3.05) is 27.2 Å². The largest absolute Gasteiger partial charge is 0.360 e. The van der Waals surface area contributed by atoms with Crippen LogP contribution in [0.3, 0.4) is 0 Å². The third kappa shape index (κ3) is 5.80. The van der Waals surface area contributed by atoms with Crippen LogP contribution in [0.4, 0.5) is 0 Å². The zero-order chi connectivity index (χ0) is 29.2. The third-order valence-corrected chi connectivity index (χ3v) is 9.63. The van der Waals surface area contributed by atoms with Gasteiger partial charge in [-0.3, -0.25) is 9.59 Å². The zero-order valence-electron chi connectivity index (χ0n) is 23.9. The normalized spacial score (nSPS) is 13.8. The van der Waals surface area contributed by atoms with Crippen LogP contribution in [0.1, 0.15) is 44.8 Å². The number of aryl methyl sites for hydroxylation is 1. The minimum Gasteiger partial charge on any atom is -0.360 e. The molecule has 1 aliphatic heterocycles. The van der Waals surface area contributed by atoms with Crippen molar-refractivity contribution in [3.8, 4) is 33.6 Å². The molecule has 2 aromatic carbocycles. The second-order valence-electron chi connectivity index (χ2n) is 10.8. The first-order chi connectivity index (χ1) is 20.4. The van der Waals surface area contributed by atoms with Crippen molar-refractivity contribution in [1.82, 2.24) is 19.9 Å². The number of piperidine rings is 1. The number of benzene rings is 2. The van der Waals surface area contributed by atoms with Gasteiger partial charge in [0.05, 0.1) is 22.7 Å². The van der Waals surface area contributed by atoms with Crippen LogP contribution in [0, 0.1) is 6.92 Å². The van der Waals surface area contributed by atoms with Crippen LogP contribution in [0.25, 0.3) is 33.6 Å². The molecule has 1 fully saturated rings. The molecule has 6 rings (SSSR count). The fourth-order valence-electron chi connectivity index (χ4n) is 5.42. The molecule has 3 aromatic heterocycles. The van der Waals surface area contributed by atoms with E-state index in [4.69, 9.17) is 9.51 Å². The van der Waals surface area contributed by atoms with Gasteiger partial charge >= 0.3 is 0 Å². The highest BCUT2D eigenvalue weighted by Crippen LogP contribution is 2.39. The maximum atomic E-state index is 12.7. The molecule has 2 amide bonds. The van der Waals surface area contributed by atoms with Gasteiger partial charge in [-0.15, -0.1) is 22.7 Å². The molecular formula is C33H32N4O3S2. The molecular weight excluding hydrogens is 565 g/mol. The molecule has 0 spiro atoms. The molecule has 4 heterocycles. The summed E-state index contributed by atoms with van der Waals surface area (Å²) < 4.78 is 5.68. The lowest BCUT2D eigenvalue weighted by Gasteiger charge is -2.31. The van der Waals surface area contributed by atoms with E-state index in [1.807, 2.05) is 65.7 Å². The lowest BCUT2D eigenvalue weighted by Crippen LogP contribution is -2.38. The molecule has 7 nitrogen and oxygen atoms in total. The van der Waals surface area contributed by atoms with Crippen molar-refractivity contribution in [3.05, 3.63) is 92.6 Å². The van der Waals surface area contributed by atoms with Crippen molar-refractivity contribution in [2.45, 2.75) is 32.1 Å². The Hall–Kier alpha value is -4.08. The predicted octanol–water partition coefficient (Wildman–Crippen LogP) is 7.15. The van der Waals surface area contributed by atoms with E-state index in [1.54, 1.807) is 41.7 Å². The van der Waals surface area contributed by atoms with Gasteiger partial charge < -0.3 is 14.3 Å². The van der Waals surface area contributed by atoms with Gasteiger partial charge in [-0.05, 0) is 60.5 Å². The number of carbonyl (C=O) groups excluding carboxylic acids is 2. The molecule has 0 saturated carbocycles. The first-order valence-electron chi connectivity index (χ1n) is 14.0. The second-order valence-corrected chi connectivity index (χ2v) is 12.7. The Morgan fingerprint density at radius 1 is 0.976 bits per heavy atom. The van der Waals surface area contributed by atoms with Gasteiger partial charge in [-0.2, -0.15) is 0 Å². The third-order valence-electron chi connectivity index (χ3n) is 7.75. The van der Waals surface area contributed by atoms with Gasteiger partial charge in [0.15, 0.2) is 0 Å². The van der Waals surface area contributed by atoms with E-state index in [0.717, 1.165) is 75.2 Å². The highest BCUT2D eigenvalue weighted by atomic mass is 32.1. The van der Waals surface area contributed by atoms with Crippen molar-refractivity contribution in [1.29, 1.82) is 0 Å². The minimum absolute atomic E-state index is 0.0196. The summed E-state index contributed by atoms with van der Waals surface area (Å²) in [7, 11) is 3.50. The van der Waals surface area contributed by atoms with Crippen LogP contribution in [0.15, 0.2) is 75.9 Å². The molecule has 1 aliphatic rings. The van der Waals surface area contributed by atoms with E-state index < -0.39 is 0 Å². The summed E-state index contributed by atoms with van der Waals surface area (Å²) in [6, 6.07) is 19.9. The lowest BCUT2D eigenvalue weighted by atomic mass is 9.97. The quantitative estimate of drug-likeness (QED) is 0.199. The molecule has 0 bridgehead atoms. The van der Waals surface area contributed by atoms with Crippen molar-refractivity contribution in [3.63, 3.8) is 0 Å². The number of likely N-dealkylation sites (tertiary alicyclic amines) is 1. The van der Waals surface area contributed by atoms with Crippen LogP contribution in [-0.2, 0) is 11.2 Å². The number of hydrogen-bond donors (Lipinski definition) is 0. The Balaban J connectivity index is 1.18. The first-order valence-corrected chi connectivity index (χ1v) is 15.8. The molecule has 0 aliphatic carbocycles. The topological polar surface area (TPSA) is 79.5 Å². The summed E-state index contributed by atoms with van der Waals surface area (Å²) in [6.45, 7) is 3.45. The van der Waals surface area contributed by atoms with Crippen LogP contribution in [0.5, 0.6) is 0 Å². The second kappa shape index (κ2) is 12.0. The molecule has 0 atom stereocenters. The maximum absolute atomic E-state index is 12.7. The lowest BCUT2D eigenvalue weighted by molar-refractivity contribution is -0.131. The van der Waals surface area contributed by atoms with Crippen LogP contribution in [-0.4, -0.2) is 58.9 Å². The molecule has 5 aromatic rings.